The van der Waals surface area contributed by atoms with E-state index in [0.29, 0.717) is 37.3 Å². The maximum Gasteiger partial charge on any atom is 0.256 e. The van der Waals surface area contributed by atoms with Crippen LogP contribution in [0.5, 0.6) is 0 Å². The third-order valence-corrected chi connectivity index (χ3v) is 13.2. The molecule has 3 saturated heterocycles. The molecule has 10 unspecified atom stereocenters. The van der Waals surface area contributed by atoms with E-state index >= 15 is 4.39 Å². The van der Waals surface area contributed by atoms with Crippen molar-refractivity contribution >= 4 is 11.7 Å². The minimum Gasteiger partial charge on any atom is -0.369 e. The van der Waals surface area contributed by atoms with Gasteiger partial charge >= 0.3 is 0 Å². The number of ether oxygens (including phenoxy) is 1. The molecule has 3 aliphatic carbocycles. The SMILES string of the molecule is CN1CCCC1CCNC(=O)C1=CN2C3CC4CCCCC4CC3OC3C(NC4CC(C)(C)N(O)C(C)(C)C4)C(F)CC(C1=O)C32. The number of Topliss-reactive ketones (excluding diaryl/α,β-unsaturated/α-hetero) is 1. The van der Waals surface area contributed by atoms with E-state index in [1.165, 1.54) is 37.2 Å². The number of ketones is 1. The van der Waals surface area contributed by atoms with Gasteiger partial charge < -0.3 is 30.4 Å². The Morgan fingerprint density at radius 1 is 1.04 bits per heavy atom. The molecule has 46 heavy (non-hydrogen) atoms. The van der Waals surface area contributed by atoms with Gasteiger partial charge in [0.25, 0.3) is 5.91 Å². The van der Waals surface area contributed by atoms with Crippen molar-refractivity contribution in [2.24, 2.45) is 17.8 Å². The van der Waals surface area contributed by atoms with Crippen LogP contribution in [0, 0.1) is 17.8 Å². The summed E-state index contributed by atoms with van der Waals surface area (Å²) >= 11 is 0. The van der Waals surface area contributed by atoms with Crippen LogP contribution in [-0.4, -0.2) is 112 Å². The number of nitrogens with one attached hydrogen (secondary N) is 2. The fraction of sp³-hybridized carbons (Fsp3) is 0.889. The average molecular weight is 644 g/mol. The first-order chi connectivity index (χ1) is 21.8. The summed E-state index contributed by atoms with van der Waals surface area (Å²) < 4.78 is 23.5. The second-order valence-electron chi connectivity index (χ2n) is 17.2. The van der Waals surface area contributed by atoms with Gasteiger partial charge in [-0.2, -0.15) is 5.06 Å². The van der Waals surface area contributed by atoms with Gasteiger partial charge in [0.1, 0.15) is 6.17 Å². The van der Waals surface area contributed by atoms with Crippen LogP contribution < -0.4 is 10.6 Å². The third kappa shape index (κ3) is 5.86. The summed E-state index contributed by atoms with van der Waals surface area (Å²) in [5.41, 5.74) is -0.736. The van der Waals surface area contributed by atoms with E-state index in [9.17, 15) is 14.8 Å². The zero-order chi connectivity index (χ0) is 32.5. The van der Waals surface area contributed by atoms with Gasteiger partial charge in [0.05, 0.1) is 35.9 Å². The van der Waals surface area contributed by atoms with Crippen molar-refractivity contribution < 1.29 is 23.9 Å². The average Bonchev–Trinajstić information content (AvgIpc) is 3.41. The maximum atomic E-state index is 16.5. The van der Waals surface area contributed by atoms with Crippen LogP contribution in [0.3, 0.4) is 0 Å². The third-order valence-electron chi connectivity index (χ3n) is 13.2. The Kier molecular flexibility index (Phi) is 8.86. The first kappa shape index (κ1) is 32.9. The number of fused-ring (bicyclic) bond motifs is 3. The summed E-state index contributed by atoms with van der Waals surface area (Å²) in [6.07, 6.45) is 11.6. The highest BCUT2D eigenvalue weighted by atomic mass is 19.1. The number of hydroxylamine groups is 2. The number of likely N-dealkylation sites (tertiary alicyclic amines) is 1. The molecule has 4 heterocycles. The summed E-state index contributed by atoms with van der Waals surface area (Å²) in [4.78, 5) is 32.4. The topological polar surface area (TPSA) is 97.4 Å². The minimum atomic E-state index is -1.28. The zero-order valence-electron chi connectivity index (χ0n) is 28.7. The largest absolute Gasteiger partial charge is 0.369 e. The normalized spacial score (nSPS) is 42.5. The first-order valence-electron chi connectivity index (χ1n) is 18.4. The summed E-state index contributed by atoms with van der Waals surface area (Å²) in [7, 11) is 2.13. The number of hydrogen-bond acceptors (Lipinski definition) is 8. The van der Waals surface area contributed by atoms with E-state index in [-0.39, 0.29) is 47.9 Å². The Morgan fingerprint density at radius 3 is 2.41 bits per heavy atom. The number of rotatable bonds is 6. The Morgan fingerprint density at radius 2 is 1.74 bits per heavy atom. The van der Waals surface area contributed by atoms with E-state index in [0.717, 1.165) is 32.2 Å². The van der Waals surface area contributed by atoms with Gasteiger partial charge in [0.2, 0.25) is 0 Å². The van der Waals surface area contributed by atoms with Gasteiger partial charge in [-0.05, 0) is 104 Å². The number of amides is 1. The molecule has 7 aliphatic rings. The quantitative estimate of drug-likeness (QED) is 0.371. The molecule has 1 amide bonds. The number of piperidine rings is 1. The Balaban J connectivity index is 1.16. The number of halogens is 1. The molecule has 0 aromatic carbocycles. The standard InChI is InChI=1S/C36H58FN5O4/c1-35(2)18-23(19-36(3,4)42(35)45)39-30-27(37)17-25-31-33(30)46-29-16-22-10-7-6-9-21(22)15-28(29)41(31)20-26(32(25)43)34(44)38-13-12-24-11-8-14-40(24)5/h20-25,27-31,33,39,45H,6-19H2,1-5H3,(H,38,44). The molecule has 3 saturated carbocycles. The van der Waals surface area contributed by atoms with Crippen molar-refractivity contribution in [3.63, 3.8) is 0 Å². The predicted molar refractivity (Wildman–Crippen MR) is 174 cm³/mol. The van der Waals surface area contributed by atoms with E-state index in [1.807, 2.05) is 33.9 Å². The van der Waals surface area contributed by atoms with Gasteiger partial charge in [0.15, 0.2) is 5.78 Å². The lowest BCUT2D eigenvalue weighted by Gasteiger charge is -2.61. The molecule has 0 spiro atoms. The highest BCUT2D eigenvalue weighted by molar-refractivity contribution is 6.20. The van der Waals surface area contributed by atoms with Gasteiger partial charge in [-0.3, -0.25) is 9.59 Å². The predicted octanol–water partition coefficient (Wildman–Crippen LogP) is 4.19. The molecule has 0 aromatic heterocycles. The second-order valence-corrected chi connectivity index (χ2v) is 17.2. The molecule has 9 nitrogen and oxygen atoms in total. The number of nitrogens with zero attached hydrogens (tertiary/aromatic N) is 3. The lowest BCUT2D eigenvalue weighted by molar-refractivity contribution is -0.249. The van der Waals surface area contributed by atoms with Gasteiger partial charge in [-0.25, -0.2) is 4.39 Å². The zero-order valence-corrected chi connectivity index (χ0v) is 28.7. The van der Waals surface area contributed by atoms with E-state index in [4.69, 9.17) is 4.74 Å². The molecule has 258 valence electrons. The summed E-state index contributed by atoms with van der Waals surface area (Å²) in [5, 5.41) is 19.1. The van der Waals surface area contributed by atoms with Crippen molar-refractivity contribution in [1.29, 1.82) is 0 Å². The fourth-order valence-electron chi connectivity index (χ4n) is 11.1. The molecular weight excluding hydrogens is 585 g/mol. The van der Waals surface area contributed by atoms with Gasteiger partial charge in [0, 0.05) is 41.8 Å². The molecule has 0 radical (unpaired) electrons. The molecule has 3 N–H and O–H groups in total. The molecule has 10 atom stereocenters. The van der Waals surface area contributed by atoms with E-state index in [1.54, 1.807) is 0 Å². The van der Waals surface area contributed by atoms with Crippen LogP contribution in [0.15, 0.2) is 11.8 Å². The summed E-state index contributed by atoms with van der Waals surface area (Å²) in [6, 6.07) is -0.301. The van der Waals surface area contributed by atoms with E-state index in [2.05, 4.69) is 27.5 Å². The van der Waals surface area contributed by atoms with Crippen molar-refractivity contribution in [2.45, 2.75) is 164 Å². The van der Waals surface area contributed by atoms with Crippen LogP contribution in [0.2, 0.25) is 0 Å². The lowest BCUT2D eigenvalue weighted by Crippen LogP contribution is -2.74. The lowest BCUT2D eigenvalue weighted by atomic mass is 9.64. The highest BCUT2D eigenvalue weighted by Crippen LogP contribution is 2.50. The van der Waals surface area contributed by atoms with Crippen molar-refractivity contribution in [3.8, 4) is 0 Å². The molecular formula is C36H58FN5O4. The van der Waals surface area contributed by atoms with Crippen molar-refractivity contribution in [1.82, 2.24) is 25.5 Å². The minimum absolute atomic E-state index is 0.00728. The smallest absolute Gasteiger partial charge is 0.256 e. The molecule has 4 aliphatic heterocycles. The van der Waals surface area contributed by atoms with Crippen LogP contribution in [0.1, 0.15) is 105 Å². The number of alkyl halides is 1. The van der Waals surface area contributed by atoms with Gasteiger partial charge in [-0.15, -0.1) is 0 Å². The first-order valence-corrected chi connectivity index (χ1v) is 18.4. The summed E-state index contributed by atoms with van der Waals surface area (Å²) in [5.74, 6) is 0.112. The number of carbonyl (C=O) groups is 2. The van der Waals surface area contributed by atoms with Crippen molar-refractivity contribution in [2.75, 3.05) is 20.1 Å². The Labute approximate surface area is 275 Å². The molecule has 10 heteroatoms. The van der Waals surface area contributed by atoms with Crippen LogP contribution in [-0.2, 0) is 14.3 Å². The van der Waals surface area contributed by atoms with Crippen LogP contribution in [0.4, 0.5) is 4.39 Å². The van der Waals surface area contributed by atoms with E-state index < -0.39 is 35.3 Å². The number of carbonyl (C=O) groups excluding carboxylic acids is 2. The second kappa shape index (κ2) is 12.4. The molecule has 6 fully saturated rings. The Bertz CT molecular complexity index is 1190. The maximum absolute atomic E-state index is 16.5. The molecule has 0 aromatic rings. The van der Waals surface area contributed by atoms with Gasteiger partial charge in [-0.1, -0.05) is 25.7 Å². The monoisotopic (exact) mass is 643 g/mol. The Hall–Kier alpha value is -1.59. The molecule has 7 rings (SSSR count). The summed E-state index contributed by atoms with van der Waals surface area (Å²) in [6.45, 7) is 9.74. The number of hydrogen-bond donors (Lipinski definition) is 3. The van der Waals surface area contributed by atoms with Crippen LogP contribution in [0.25, 0.3) is 0 Å². The van der Waals surface area contributed by atoms with Crippen molar-refractivity contribution in [3.05, 3.63) is 11.8 Å². The number of morpholine rings is 1. The molecule has 0 bridgehead atoms. The highest BCUT2D eigenvalue weighted by Gasteiger charge is 2.60. The fourth-order valence-corrected chi connectivity index (χ4v) is 11.1. The van der Waals surface area contributed by atoms with Crippen LogP contribution >= 0.6 is 0 Å².